The lowest BCUT2D eigenvalue weighted by Gasteiger charge is -2.33. The van der Waals surface area contributed by atoms with Crippen LogP contribution in [-0.2, 0) is 4.79 Å². The van der Waals surface area contributed by atoms with Gasteiger partial charge in [0.15, 0.2) is 0 Å². The Hall–Kier alpha value is -1.35. The van der Waals surface area contributed by atoms with Crippen molar-refractivity contribution >= 4 is 5.91 Å². The number of nitrogens with one attached hydrogen (secondary N) is 1. The second-order valence-electron chi connectivity index (χ2n) is 6.68. The lowest BCUT2D eigenvalue weighted by molar-refractivity contribution is -0.133. The van der Waals surface area contributed by atoms with Crippen molar-refractivity contribution in [1.29, 1.82) is 0 Å². The Bertz CT molecular complexity index is 534. The van der Waals surface area contributed by atoms with E-state index in [0.717, 1.165) is 12.8 Å². The summed E-state index contributed by atoms with van der Waals surface area (Å²) in [6, 6.07) is 8.63. The van der Waals surface area contributed by atoms with Crippen molar-refractivity contribution in [2.45, 2.75) is 58.3 Å². The van der Waals surface area contributed by atoms with E-state index in [9.17, 15) is 4.79 Å². The van der Waals surface area contributed by atoms with Crippen LogP contribution in [0.25, 0.3) is 0 Å². The minimum absolute atomic E-state index is 0.0311. The molecule has 2 unspecified atom stereocenters. The number of aryl methyl sites for hydroxylation is 1. The smallest absolute Gasteiger partial charge is 0.244 e. The van der Waals surface area contributed by atoms with Crippen LogP contribution in [0.2, 0.25) is 0 Å². The molecule has 3 nitrogen and oxygen atoms in total. The fourth-order valence-electron chi connectivity index (χ4n) is 3.10. The molecule has 20 heavy (non-hydrogen) atoms. The van der Waals surface area contributed by atoms with Crippen molar-refractivity contribution in [3.8, 4) is 0 Å². The predicted octanol–water partition coefficient (Wildman–Crippen LogP) is 3.00. The van der Waals surface area contributed by atoms with Crippen molar-refractivity contribution in [3.05, 3.63) is 35.4 Å². The largest absolute Gasteiger partial charge is 0.318 e. The molecule has 2 fully saturated rings. The lowest BCUT2D eigenvalue weighted by Crippen LogP contribution is -2.41. The molecule has 1 N–H and O–H groups in total. The molecule has 2 aliphatic rings. The van der Waals surface area contributed by atoms with Crippen LogP contribution in [0.5, 0.6) is 0 Å². The van der Waals surface area contributed by atoms with Crippen LogP contribution in [-0.4, -0.2) is 22.4 Å². The first-order valence-corrected chi connectivity index (χ1v) is 7.62. The van der Waals surface area contributed by atoms with Gasteiger partial charge in [-0.25, -0.2) is 0 Å². The van der Waals surface area contributed by atoms with E-state index in [0.29, 0.717) is 11.8 Å². The molecule has 0 aromatic heterocycles. The first-order chi connectivity index (χ1) is 9.46. The van der Waals surface area contributed by atoms with Crippen molar-refractivity contribution in [1.82, 2.24) is 10.2 Å². The van der Waals surface area contributed by atoms with Gasteiger partial charge in [0.2, 0.25) is 5.91 Å². The first kappa shape index (κ1) is 13.6. The van der Waals surface area contributed by atoms with Gasteiger partial charge in [-0.15, -0.1) is 0 Å². The molecule has 0 bridgehead atoms. The number of carbonyl (C=O) groups is 1. The van der Waals surface area contributed by atoms with E-state index >= 15 is 0 Å². The molecule has 1 saturated heterocycles. The van der Waals surface area contributed by atoms with Gasteiger partial charge in [-0.1, -0.05) is 38.1 Å². The van der Waals surface area contributed by atoms with Gasteiger partial charge in [0.25, 0.3) is 0 Å². The molecule has 1 heterocycles. The standard InChI is InChI=1S/C17H24N2O/c1-11(2)13(4)19-15(14-8-6-5-7-12(14)3)18-17(9-10-17)16(19)20/h5-8,11,13,15,18H,9-10H2,1-4H3. The summed E-state index contributed by atoms with van der Waals surface area (Å²) in [4.78, 5) is 14.9. The van der Waals surface area contributed by atoms with Crippen molar-refractivity contribution in [3.63, 3.8) is 0 Å². The summed E-state index contributed by atoms with van der Waals surface area (Å²) < 4.78 is 0. The minimum atomic E-state index is -0.254. The van der Waals surface area contributed by atoms with Crippen LogP contribution in [0.4, 0.5) is 0 Å². The maximum atomic E-state index is 12.8. The van der Waals surface area contributed by atoms with Crippen LogP contribution in [0, 0.1) is 12.8 Å². The average molecular weight is 272 g/mol. The molecule has 1 spiro atoms. The zero-order valence-electron chi connectivity index (χ0n) is 12.8. The van der Waals surface area contributed by atoms with Crippen LogP contribution >= 0.6 is 0 Å². The maximum Gasteiger partial charge on any atom is 0.244 e. The highest BCUT2D eigenvalue weighted by Crippen LogP contribution is 2.47. The molecule has 1 aliphatic heterocycles. The number of carbonyl (C=O) groups excluding carboxylic acids is 1. The average Bonchev–Trinajstić information content (AvgIpc) is 3.13. The van der Waals surface area contributed by atoms with Gasteiger partial charge in [-0.2, -0.15) is 0 Å². The molecule has 3 heteroatoms. The molecule has 1 aromatic rings. The zero-order chi connectivity index (χ0) is 14.5. The highest BCUT2D eigenvalue weighted by Gasteiger charge is 2.60. The summed E-state index contributed by atoms with van der Waals surface area (Å²) in [5.74, 6) is 0.758. The Kier molecular flexibility index (Phi) is 3.13. The van der Waals surface area contributed by atoms with Gasteiger partial charge in [-0.05, 0) is 43.7 Å². The molecule has 1 aliphatic carbocycles. The summed E-state index contributed by atoms with van der Waals surface area (Å²) in [7, 11) is 0. The number of nitrogens with zero attached hydrogens (tertiary/aromatic N) is 1. The molecule has 0 radical (unpaired) electrons. The first-order valence-electron chi connectivity index (χ1n) is 7.62. The van der Waals surface area contributed by atoms with E-state index in [4.69, 9.17) is 0 Å². The fourth-order valence-corrected chi connectivity index (χ4v) is 3.10. The van der Waals surface area contributed by atoms with E-state index in [2.05, 4.69) is 62.2 Å². The van der Waals surface area contributed by atoms with E-state index in [1.54, 1.807) is 0 Å². The summed E-state index contributed by atoms with van der Waals surface area (Å²) in [6.45, 7) is 8.66. The Morgan fingerprint density at radius 2 is 1.90 bits per heavy atom. The Morgan fingerprint density at radius 3 is 2.45 bits per heavy atom. The summed E-state index contributed by atoms with van der Waals surface area (Å²) in [5.41, 5.74) is 2.23. The number of benzene rings is 1. The van der Waals surface area contributed by atoms with Gasteiger partial charge in [0.05, 0.1) is 0 Å². The number of hydrogen-bond acceptors (Lipinski definition) is 2. The van der Waals surface area contributed by atoms with E-state index in [-0.39, 0.29) is 17.7 Å². The lowest BCUT2D eigenvalue weighted by atomic mass is 10.0. The summed E-state index contributed by atoms with van der Waals surface area (Å²) in [6.07, 6.45) is 1.99. The van der Waals surface area contributed by atoms with E-state index in [1.807, 2.05) is 0 Å². The van der Waals surface area contributed by atoms with E-state index in [1.165, 1.54) is 11.1 Å². The molecular weight excluding hydrogens is 248 g/mol. The van der Waals surface area contributed by atoms with Gasteiger partial charge < -0.3 is 4.90 Å². The highest BCUT2D eigenvalue weighted by molar-refractivity contribution is 5.92. The normalized spacial score (nSPS) is 25.6. The van der Waals surface area contributed by atoms with Crippen molar-refractivity contribution in [2.75, 3.05) is 0 Å². The third-order valence-electron chi connectivity index (χ3n) is 4.97. The minimum Gasteiger partial charge on any atom is -0.318 e. The van der Waals surface area contributed by atoms with Gasteiger partial charge in [0.1, 0.15) is 11.7 Å². The third kappa shape index (κ3) is 1.96. The third-order valence-corrected chi connectivity index (χ3v) is 4.97. The van der Waals surface area contributed by atoms with Crippen LogP contribution in [0.1, 0.15) is 50.9 Å². The number of rotatable bonds is 3. The van der Waals surface area contributed by atoms with Crippen molar-refractivity contribution < 1.29 is 4.79 Å². The predicted molar refractivity (Wildman–Crippen MR) is 80.2 cm³/mol. The topological polar surface area (TPSA) is 32.3 Å². The Labute approximate surface area is 121 Å². The summed E-state index contributed by atoms with van der Waals surface area (Å²) in [5, 5.41) is 3.61. The summed E-state index contributed by atoms with van der Waals surface area (Å²) >= 11 is 0. The Balaban J connectivity index is 2.00. The van der Waals surface area contributed by atoms with Gasteiger partial charge in [0, 0.05) is 6.04 Å². The zero-order valence-corrected chi connectivity index (χ0v) is 12.8. The number of hydrogen-bond donors (Lipinski definition) is 1. The number of amides is 1. The fraction of sp³-hybridized carbons (Fsp3) is 0.588. The van der Waals surface area contributed by atoms with Crippen LogP contribution in [0.3, 0.4) is 0 Å². The monoisotopic (exact) mass is 272 g/mol. The molecule has 1 saturated carbocycles. The highest BCUT2D eigenvalue weighted by atomic mass is 16.2. The molecule has 1 aromatic carbocycles. The SMILES string of the molecule is Cc1ccccc1C1NC2(CC2)C(=O)N1C(C)C(C)C. The molecular formula is C17H24N2O. The van der Waals surface area contributed by atoms with Gasteiger partial charge in [-0.3, -0.25) is 10.1 Å². The molecule has 108 valence electrons. The molecule has 3 rings (SSSR count). The van der Waals surface area contributed by atoms with Crippen LogP contribution in [0.15, 0.2) is 24.3 Å². The van der Waals surface area contributed by atoms with E-state index < -0.39 is 0 Å². The molecule has 2 atom stereocenters. The second-order valence-corrected chi connectivity index (χ2v) is 6.68. The van der Waals surface area contributed by atoms with Gasteiger partial charge >= 0.3 is 0 Å². The maximum absolute atomic E-state index is 12.8. The van der Waals surface area contributed by atoms with Crippen LogP contribution < -0.4 is 5.32 Å². The van der Waals surface area contributed by atoms with Crippen molar-refractivity contribution in [2.24, 2.45) is 5.92 Å². The Morgan fingerprint density at radius 1 is 1.25 bits per heavy atom. The second kappa shape index (κ2) is 4.59. The molecule has 1 amide bonds. The quantitative estimate of drug-likeness (QED) is 0.917.